The lowest BCUT2D eigenvalue weighted by molar-refractivity contribution is 0.417. The van der Waals surface area contributed by atoms with Crippen LogP contribution in [0.1, 0.15) is 64.2 Å². The van der Waals surface area contributed by atoms with Gasteiger partial charge in [0.1, 0.15) is 12.9 Å². The van der Waals surface area contributed by atoms with Gasteiger partial charge in [-0.25, -0.2) is 0 Å². The third kappa shape index (κ3) is 3.31. The average Bonchev–Trinajstić information content (AvgIpc) is 2.63. The van der Waals surface area contributed by atoms with E-state index in [1.54, 1.807) is 7.11 Å². The SMILES string of the molecule is COc1cc(P(=O)(C2CCCCC2)C2CCCCC2)ccc1N. The molecule has 1 aromatic carbocycles. The lowest BCUT2D eigenvalue weighted by Gasteiger charge is -2.38. The topological polar surface area (TPSA) is 52.3 Å². The maximum absolute atomic E-state index is 14.4. The van der Waals surface area contributed by atoms with Crippen molar-refractivity contribution in [2.75, 3.05) is 12.8 Å². The van der Waals surface area contributed by atoms with Crippen molar-refractivity contribution in [2.45, 2.75) is 75.5 Å². The van der Waals surface area contributed by atoms with Gasteiger partial charge in [0, 0.05) is 16.6 Å². The Morgan fingerprint density at radius 3 is 1.96 bits per heavy atom. The minimum Gasteiger partial charge on any atom is -0.495 e. The number of rotatable bonds is 4. The fourth-order valence-corrected chi connectivity index (χ4v) is 8.90. The molecule has 0 radical (unpaired) electrons. The number of benzene rings is 1. The highest BCUT2D eigenvalue weighted by atomic mass is 31.2. The van der Waals surface area contributed by atoms with E-state index in [9.17, 15) is 4.57 Å². The first-order valence-electron chi connectivity index (χ1n) is 9.19. The second kappa shape index (κ2) is 7.30. The van der Waals surface area contributed by atoms with Crippen LogP contribution in [-0.4, -0.2) is 18.4 Å². The molecule has 3 rings (SSSR count). The molecule has 3 nitrogen and oxygen atoms in total. The zero-order chi connectivity index (χ0) is 16.3. The molecule has 128 valence electrons. The fraction of sp³-hybridized carbons (Fsp3) is 0.684. The predicted octanol–water partition coefficient (Wildman–Crippen LogP) is 4.93. The van der Waals surface area contributed by atoms with Gasteiger partial charge in [0.25, 0.3) is 0 Å². The molecule has 0 amide bonds. The Balaban J connectivity index is 2.01. The summed E-state index contributed by atoms with van der Waals surface area (Å²) < 4.78 is 19.8. The van der Waals surface area contributed by atoms with Gasteiger partial charge in [-0.1, -0.05) is 38.5 Å². The van der Waals surface area contributed by atoms with Crippen molar-refractivity contribution in [1.29, 1.82) is 0 Å². The molecule has 0 unspecified atom stereocenters. The summed E-state index contributed by atoms with van der Waals surface area (Å²) in [4.78, 5) is 0. The van der Waals surface area contributed by atoms with Crippen LogP contribution in [0, 0.1) is 0 Å². The first-order valence-corrected chi connectivity index (χ1v) is 11.0. The Bertz CT molecular complexity index is 553. The lowest BCUT2D eigenvalue weighted by Crippen LogP contribution is -2.29. The molecule has 2 saturated carbocycles. The molecule has 0 heterocycles. The standard InChI is InChI=1S/C19H30NO2P/c1-22-19-14-17(12-13-18(19)20)23(21,15-8-4-2-5-9-15)16-10-6-3-7-11-16/h12-16H,2-11,20H2,1H3. The zero-order valence-corrected chi connectivity index (χ0v) is 15.2. The molecule has 2 N–H and O–H groups in total. The van der Waals surface area contributed by atoms with Crippen molar-refractivity contribution in [3.05, 3.63) is 18.2 Å². The van der Waals surface area contributed by atoms with Crippen LogP contribution < -0.4 is 15.8 Å². The number of nitrogens with two attached hydrogens (primary N) is 1. The van der Waals surface area contributed by atoms with Crippen molar-refractivity contribution in [2.24, 2.45) is 0 Å². The van der Waals surface area contributed by atoms with E-state index in [2.05, 4.69) is 0 Å². The minimum absolute atomic E-state index is 0.368. The van der Waals surface area contributed by atoms with Crippen LogP contribution in [0.25, 0.3) is 0 Å². The van der Waals surface area contributed by atoms with Crippen LogP contribution in [0.3, 0.4) is 0 Å². The van der Waals surface area contributed by atoms with E-state index in [0.717, 1.165) is 31.0 Å². The Morgan fingerprint density at radius 2 is 1.48 bits per heavy atom. The van der Waals surface area contributed by atoms with Crippen LogP contribution in [0.5, 0.6) is 5.75 Å². The second-order valence-electron chi connectivity index (χ2n) is 7.22. The molecule has 0 bridgehead atoms. The van der Waals surface area contributed by atoms with Gasteiger partial charge < -0.3 is 15.0 Å². The van der Waals surface area contributed by atoms with Crippen molar-refractivity contribution >= 4 is 18.1 Å². The Kier molecular flexibility index (Phi) is 5.36. The molecule has 0 atom stereocenters. The molecule has 2 aliphatic carbocycles. The van der Waals surface area contributed by atoms with E-state index in [0.29, 0.717) is 22.8 Å². The Morgan fingerprint density at radius 1 is 0.957 bits per heavy atom. The lowest BCUT2D eigenvalue weighted by atomic mass is 9.99. The van der Waals surface area contributed by atoms with E-state index < -0.39 is 7.14 Å². The first-order chi connectivity index (χ1) is 11.2. The average molecular weight is 335 g/mol. The van der Waals surface area contributed by atoms with Crippen LogP contribution in [0.4, 0.5) is 5.69 Å². The third-order valence-electron chi connectivity index (χ3n) is 5.85. The van der Waals surface area contributed by atoms with Gasteiger partial charge in [0.2, 0.25) is 0 Å². The van der Waals surface area contributed by atoms with Gasteiger partial charge in [-0.3, -0.25) is 0 Å². The highest BCUT2D eigenvalue weighted by Gasteiger charge is 2.42. The summed E-state index contributed by atoms with van der Waals surface area (Å²) in [5.74, 6) is 0.675. The van der Waals surface area contributed by atoms with Crippen LogP contribution >= 0.6 is 7.14 Å². The zero-order valence-electron chi connectivity index (χ0n) is 14.3. The monoisotopic (exact) mass is 335 g/mol. The van der Waals surface area contributed by atoms with E-state index in [1.807, 2.05) is 18.2 Å². The van der Waals surface area contributed by atoms with Crippen LogP contribution in [0.15, 0.2) is 18.2 Å². The van der Waals surface area contributed by atoms with Crippen molar-refractivity contribution < 1.29 is 9.30 Å². The number of ether oxygens (including phenoxy) is 1. The first kappa shape index (κ1) is 16.9. The third-order valence-corrected chi connectivity index (χ3v) is 10.1. The van der Waals surface area contributed by atoms with E-state index in [-0.39, 0.29) is 0 Å². The summed E-state index contributed by atoms with van der Waals surface area (Å²) in [6, 6.07) is 5.87. The molecule has 2 fully saturated rings. The quantitative estimate of drug-likeness (QED) is 0.627. The highest BCUT2D eigenvalue weighted by molar-refractivity contribution is 7.73. The van der Waals surface area contributed by atoms with E-state index in [1.165, 1.54) is 38.5 Å². The molecule has 2 aliphatic rings. The van der Waals surface area contributed by atoms with Crippen LogP contribution in [-0.2, 0) is 4.57 Å². The number of hydrogen-bond acceptors (Lipinski definition) is 3. The summed E-state index contributed by atoms with van der Waals surface area (Å²) in [5.41, 5.74) is 7.36. The number of hydrogen-bond donors (Lipinski definition) is 1. The van der Waals surface area contributed by atoms with Crippen LogP contribution in [0.2, 0.25) is 0 Å². The predicted molar refractivity (Wildman–Crippen MR) is 98.4 cm³/mol. The maximum Gasteiger partial charge on any atom is 0.142 e. The molecular formula is C19H30NO2P. The summed E-state index contributed by atoms with van der Waals surface area (Å²) in [6.07, 6.45) is 12.0. The van der Waals surface area contributed by atoms with Gasteiger partial charge in [-0.2, -0.15) is 0 Å². The van der Waals surface area contributed by atoms with Crippen molar-refractivity contribution in [3.63, 3.8) is 0 Å². The van der Waals surface area contributed by atoms with Gasteiger partial charge in [0.15, 0.2) is 0 Å². The molecule has 0 spiro atoms. The maximum atomic E-state index is 14.4. The van der Waals surface area contributed by atoms with Gasteiger partial charge in [-0.05, 0) is 43.9 Å². The number of methoxy groups -OCH3 is 1. The summed E-state index contributed by atoms with van der Waals surface area (Å²) in [5, 5.41) is 1.02. The van der Waals surface area contributed by atoms with Gasteiger partial charge in [-0.15, -0.1) is 0 Å². The van der Waals surface area contributed by atoms with Crippen molar-refractivity contribution in [3.8, 4) is 5.75 Å². The normalized spacial score (nSPS) is 21.3. The molecular weight excluding hydrogens is 305 g/mol. The summed E-state index contributed by atoms with van der Waals surface area (Å²) in [6.45, 7) is 0. The van der Waals surface area contributed by atoms with Gasteiger partial charge >= 0.3 is 0 Å². The molecule has 4 heteroatoms. The van der Waals surface area contributed by atoms with E-state index >= 15 is 0 Å². The molecule has 0 aliphatic heterocycles. The minimum atomic E-state index is -2.42. The summed E-state index contributed by atoms with van der Waals surface area (Å²) >= 11 is 0. The number of anilines is 1. The number of nitrogen functional groups attached to an aromatic ring is 1. The molecule has 0 aromatic heterocycles. The highest BCUT2D eigenvalue weighted by Crippen LogP contribution is 2.62. The molecule has 1 aromatic rings. The largest absolute Gasteiger partial charge is 0.495 e. The van der Waals surface area contributed by atoms with E-state index in [4.69, 9.17) is 10.5 Å². The fourth-order valence-electron chi connectivity index (χ4n) is 4.57. The Hall–Kier alpha value is -0.950. The second-order valence-corrected chi connectivity index (χ2v) is 10.6. The van der Waals surface area contributed by atoms with Crippen molar-refractivity contribution in [1.82, 2.24) is 0 Å². The van der Waals surface area contributed by atoms with Gasteiger partial charge in [0.05, 0.1) is 12.8 Å². The molecule has 0 saturated heterocycles. The molecule has 23 heavy (non-hydrogen) atoms. The smallest absolute Gasteiger partial charge is 0.142 e. The Labute approximate surface area is 140 Å². The summed E-state index contributed by atoms with van der Waals surface area (Å²) in [7, 11) is -0.778.